The van der Waals surface area contributed by atoms with Crippen molar-refractivity contribution in [3.05, 3.63) is 22.8 Å². The summed E-state index contributed by atoms with van der Waals surface area (Å²) in [6, 6.07) is 3.73. The van der Waals surface area contributed by atoms with Crippen molar-refractivity contribution in [2.75, 3.05) is 18.0 Å². The van der Waals surface area contributed by atoms with Gasteiger partial charge in [-0.1, -0.05) is 11.6 Å². The summed E-state index contributed by atoms with van der Waals surface area (Å²) in [7, 11) is 0. The third-order valence-electron chi connectivity index (χ3n) is 2.85. The standard InChI is InChI=1S/C12H14ClN3/c1-2-16(8-9-3-4-9)12-11(13)10(7-14)5-6-15-12/h5-6,9H,2-4,8H2,1H3. The van der Waals surface area contributed by atoms with Crippen LogP contribution in [0, 0.1) is 17.2 Å². The summed E-state index contributed by atoms with van der Waals surface area (Å²) in [5.41, 5.74) is 0.501. The Morgan fingerprint density at radius 3 is 2.94 bits per heavy atom. The lowest BCUT2D eigenvalue weighted by molar-refractivity contribution is 0.732. The molecule has 1 aliphatic rings. The van der Waals surface area contributed by atoms with E-state index in [-0.39, 0.29) is 0 Å². The first-order valence-electron chi connectivity index (χ1n) is 5.55. The van der Waals surface area contributed by atoms with Gasteiger partial charge in [-0.05, 0) is 31.7 Å². The van der Waals surface area contributed by atoms with Gasteiger partial charge in [0.25, 0.3) is 0 Å². The first-order valence-corrected chi connectivity index (χ1v) is 5.93. The molecule has 1 heterocycles. The van der Waals surface area contributed by atoms with Crippen LogP contribution in [-0.4, -0.2) is 18.1 Å². The van der Waals surface area contributed by atoms with Crippen LogP contribution in [0.25, 0.3) is 0 Å². The molecule has 0 unspecified atom stereocenters. The van der Waals surface area contributed by atoms with E-state index < -0.39 is 0 Å². The highest BCUT2D eigenvalue weighted by Crippen LogP contribution is 2.33. The Morgan fingerprint density at radius 2 is 2.38 bits per heavy atom. The molecular formula is C12H14ClN3. The molecule has 4 heteroatoms. The van der Waals surface area contributed by atoms with E-state index in [4.69, 9.17) is 16.9 Å². The zero-order chi connectivity index (χ0) is 11.5. The summed E-state index contributed by atoms with van der Waals surface area (Å²) in [6.45, 7) is 3.95. The third-order valence-corrected chi connectivity index (χ3v) is 3.22. The maximum Gasteiger partial charge on any atom is 0.148 e. The number of pyridine rings is 1. The first-order chi connectivity index (χ1) is 7.76. The van der Waals surface area contributed by atoms with Gasteiger partial charge in [0, 0.05) is 19.3 Å². The van der Waals surface area contributed by atoms with E-state index in [1.807, 2.05) is 0 Å². The minimum Gasteiger partial charge on any atom is -0.355 e. The zero-order valence-electron chi connectivity index (χ0n) is 9.28. The molecule has 0 amide bonds. The van der Waals surface area contributed by atoms with Gasteiger partial charge in [0.2, 0.25) is 0 Å². The van der Waals surface area contributed by atoms with E-state index in [0.717, 1.165) is 24.8 Å². The molecule has 0 radical (unpaired) electrons. The van der Waals surface area contributed by atoms with E-state index in [0.29, 0.717) is 10.6 Å². The number of hydrogen-bond donors (Lipinski definition) is 0. The van der Waals surface area contributed by atoms with Crippen molar-refractivity contribution in [1.29, 1.82) is 5.26 Å². The Hall–Kier alpha value is -1.27. The third kappa shape index (κ3) is 2.28. The highest BCUT2D eigenvalue weighted by Gasteiger charge is 2.25. The summed E-state index contributed by atoms with van der Waals surface area (Å²) in [4.78, 5) is 6.44. The Morgan fingerprint density at radius 1 is 1.62 bits per heavy atom. The summed E-state index contributed by atoms with van der Waals surface area (Å²) in [5, 5.41) is 9.39. The van der Waals surface area contributed by atoms with Crippen LogP contribution in [0.4, 0.5) is 5.82 Å². The first kappa shape index (κ1) is 11.2. The SMILES string of the molecule is CCN(CC1CC1)c1nccc(C#N)c1Cl. The fourth-order valence-corrected chi connectivity index (χ4v) is 1.99. The summed E-state index contributed by atoms with van der Waals surface area (Å²) >= 11 is 6.16. The van der Waals surface area contributed by atoms with Gasteiger partial charge in [0.1, 0.15) is 16.9 Å². The fourth-order valence-electron chi connectivity index (χ4n) is 1.72. The van der Waals surface area contributed by atoms with E-state index >= 15 is 0 Å². The predicted molar refractivity (Wildman–Crippen MR) is 64.6 cm³/mol. The molecule has 0 spiro atoms. The molecule has 0 aromatic carbocycles. The minimum atomic E-state index is 0.479. The van der Waals surface area contributed by atoms with E-state index in [2.05, 4.69) is 22.9 Å². The molecule has 1 aromatic heterocycles. The second-order valence-corrected chi connectivity index (χ2v) is 4.47. The number of rotatable bonds is 4. The number of aromatic nitrogens is 1. The van der Waals surface area contributed by atoms with E-state index in [1.54, 1.807) is 12.3 Å². The minimum absolute atomic E-state index is 0.479. The lowest BCUT2D eigenvalue weighted by Crippen LogP contribution is -2.26. The Balaban J connectivity index is 2.26. The van der Waals surface area contributed by atoms with Gasteiger partial charge in [-0.3, -0.25) is 0 Å². The van der Waals surface area contributed by atoms with Crippen molar-refractivity contribution in [2.45, 2.75) is 19.8 Å². The van der Waals surface area contributed by atoms with Crippen LogP contribution in [0.15, 0.2) is 12.3 Å². The van der Waals surface area contributed by atoms with Crippen LogP contribution < -0.4 is 4.90 Å². The maximum absolute atomic E-state index is 8.91. The zero-order valence-corrected chi connectivity index (χ0v) is 10.0. The van der Waals surface area contributed by atoms with Crippen LogP contribution in [0.3, 0.4) is 0 Å². The van der Waals surface area contributed by atoms with Crippen LogP contribution in [0.1, 0.15) is 25.3 Å². The second-order valence-electron chi connectivity index (χ2n) is 4.09. The average Bonchev–Trinajstić information content (AvgIpc) is 3.10. The molecule has 1 fully saturated rings. The topological polar surface area (TPSA) is 39.9 Å². The van der Waals surface area contributed by atoms with Crippen LogP contribution >= 0.6 is 11.6 Å². The van der Waals surface area contributed by atoms with Gasteiger partial charge in [0.05, 0.1) is 5.56 Å². The van der Waals surface area contributed by atoms with E-state index in [9.17, 15) is 0 Å². The largest absolute Gasteiger partial charge is 0.355 e. The van der Waals surface area contributed by atoms with Crippen molar-refractivity contribution >= 4 is 17.4 Å². The van der Waals surface area contributed by atoms with Crippen LogP contribution in [0.5, 0.6) is 0 Å². The predicted octanol–water partition coefficient (Wildman–Crippen LogP) is 2.84. The molecule has 2 rings (SSSR count). The maximum atomic E-state index is 8.91. The molecule has 0 saturated heterocycles. The van der Waals surface area contributed by atoms with Crippen LogP contribution in [-0.2, 0) is 0 Å². The molecule has 0 atom stereocenters. The lowest BCUT2D eigenvalue weighted by Gasteiger charge is -2.22. The number of halogens is 1. The molecule has 1 aliphatic carbocycles. The van der Waals surface area contributed by atoms with Crippen molar-refractivity contribution in [1.82, 2.24) is 4.98 Å². The fraction of sp³-hybridized carbons (Fsp3) is 0.500. The Kier molecular flexibility index (Phi) is 3.31. The van der Waals surface area contributed by atoms with Crippen LogP contribution in [0.2, 0.25) is 5.02 Å². The average molecular weight is 236 g/mol. The molecule has 3 nitrogen and oxygen atoms in total. The number of nitrogens with zero attached hydrogens (tertiary/aromatic N) is 3. The van der Waals surface area contributed by atoms with Gasteiger partial charge in [-0.15, -0.1) is 0 Å². The molecule has 16 heavy (non-hydrogen) atoms. The number of anilines is 1. The van der Waals surface area contributed by atoms with Gasteiger partial charge < -0.3 is 4.90 Å². The molecule has 1 aromatic rings. The van der Waals surface area contributed by atoms with Gasteiger partial charge in [-0.25, -0.2) is 4.98 Å². The molecule has 0 aliphatic heterocycles. The van der Waals surface area contributed by atoms with Gasteiger partial charge in [0.15, 0.2) is 0 Å². The van der Waals surface area contributed by atoms with Crippen molar-refractivity contribution in [3.63, 3.8) is 0 Å². The molecular weight excluding hydrogens is 222 g/mol. The molecule has 1 saturated carbocycles. The number of nitriles is 1. The number of hydrogen-bond acceptors (Lipinski definition) is 3. The summed E-state index contributed by atoms with van der Waals surface area (Å²) in [6.07, 6.45) is 4.24. The van der Waals surface area contributed by atoms with Gasteiger partial charge in [-0.2, -0.15) is 5.26 Å². The quantitative estimate of drug-likeness (QED) is 0.806. The molecule has 84 valence electrons. The Bertz CT molecular complexity index is 421. The second kappa shape index (κ2) is 4.71. The highest BCUT2D eigenvalue weighted by molar-refractivity contribution is 6.34. The molecule has 0 N–H and O–H groups in total. The van der Waals surface area contributed by atoms with E-state index in [1.165, 1.54) is 12.8 Å². The normalized spacial score (nSPS) is 14.6. The lowest BCUT2D eigenvalue weighted by atomic mass is 10.2. The monoisotopic (exact) mass is 235 g/mol. The highest BCUT2D eigenvalue weighted by atomic mass is 35.5. The van der Waals surface area contributed by atoms with Crippen molar-refractivity contribution in [3.8, 4) is 6.07 Å². The summed E-state index contributed by atoms with van der Waals surface area (Å²) < 4.78 is 0. The Labute approximate surface area is 101 Å². The summed E-state index contributed by atoms with van der Waals surface area (Å²) in [5.74, 6) is 1.53. The van der Waals surface area contributed by atoms with Gasteiger partial charge >= 0.3 is 0 Å². The smallest absolute Gasteiger partial charge is 0.148 e. The van der Waals surface area contributed by atoms with Crippen molar-refractivity contribution < 1.29 is 0 Å². The van der Waals surface area contributed by atoms with Crippen molar-refractivity contribution in [2.24, 2.45) is 5.92 Å². The molecule has 0 bridgehead atoms.